The molecular weight excluding hydrogens is 226 g/mol. The zero-order chi connectivity index (χ0) is 12.3. The quantitative estimate of drug-likeness (QED) is 0.855. The number of benzene rings is 1. The van der Waals surface area contributed by atoms with E-state index in [9.17, 15) is 8.78 Å². The van der Waals surface area contributed by atoms with E-state index in [0.717, 1.165) is 12.1 Å². The van der Waals surface area contributed by atoms with Crippen LogP contribution in [0.5, 0.6) is 0 Å². The lowest BCUT2D eigenvalue weighted by Crippen LogP contribution is -2.04. The Balaban J connectivity index is 2.19. The van der Waals surface area contributed by atoms with Gasteiger partial charge in [-0.2, -0.15) is 5.26 Å². The monoisotopic (exact) mass is 234 g/mol. The minimum Gasteiger partial charge on any atom is -0.375 e. The van der Waals surface area contributed by atoms with Crippen LogP contribution in [0.25, 0.3) is 0 Å². The molecule has 0 aliphatic rings. The summed E-state index contributed by atoms with van der Waals surface area (Å²) in [5, 5.41) is 11.1. The van der Waals surface area contributed by atoms with Gasteiger partial charge in [-0.05, 0) is 12.1 Å². The molecule has 0 saturated heterocycles. The summed E-state index contributed by atoms with van der Waals surface area (Å²) in [6.45, 7) is 0.222. The lowest BCUT2D eigenvalue weighted by molar-refractivity contribution is 0.587. The number of imidazole rings is 1. The van der Waals surface area contributed by atoms with Crippen molar-refractivity contribution in [2.75, 3.05) is 5.32 Å². The molecule has 0 saturated carbocycles. The maximum Gasteiger partial charge on any atom is 0.150 e. The Hall–Kier alpha value is -2.42. The highest BCUT2D eigenvalue weighted by Crippen LogP contribution is 2.20. The van der Waals surface area contributed by atoms with Crippen LogP contribution in [0.1, 0.15) is 11.3 Å². The van der Waals surface area contributed by atoms with Crippen molar-refractivity contribution in [3.8, 4) is 6.07 Å². The molecular formula is C11H8F2N4. The van der Waals surface area contributed by atoms with E-state index in [-0.39, 0.29) is 17.8 Å². The third-order valence-electron chi connectivity index (χ3n) is 2.18. The largest absolute Gasteiger partial charge is 0.375 e. The summed E-state index contributed by atoms with van der Waals surface area (Å²) in [7, 11) is 0. The lowest BCUT2D eigenvalue weighted by atomic mass is 10.2. The van der Waals surface area contributed by atoms with Crippen molar-refractivity contribution in [3.63, 3.8) is 0 Å². The number of nitrogens with zero attached hydrogens (tertiary/aromatic N) is 2. The number of hydrogen-bond acceptors (Lipinski definition) is 3. The second-order valence-corrected chi connectivity index (χ2v) is 3.36. The molecule has 4 nitrogen and oxygen atoms in total. The molecule has 0 amide bonds. The van der Waals surface area contributed by atoms with Gasteiger partial charge in [0.25, 0.3) is 0 Å². The average Bonchev–Trinajstić information content (AvgIpc) is 2.80. The number of H-pyrrole nitrogens is 1. The topological polar surface area (TPSA) is 64.5 Å². The van der Waals surface area contributed by atoms with E-state index in [0.29, 0.717) is 5.69 Å². The number of hydrogen-bond donors (Lipinski definition) is 2. The zero-order valence-corrected chi connectivity index (χ0v) is 8.67. The summed E-state index contributed by atoms with van der Waals surface area (Å²) in [4.78, 5) is 6.58. The standard InChI is InChI=1S/C11H8F2N4/c12-9-1-7(3-14)2-10(13)11(9)16-5-8-4-15-6-17-8/h1-2,4,6,16H,5H2,(H,15,17). The minimum atomic E-state index is -0.791. The number of halogens is 2. The van der Waals surface area contributed by atoms with Crippen LogP contribution in [-0.4, -0.2) is 9.97 Å². The van der Waals surface area contributed by atoms with E-state index in [1.807, 2.05) is 0 Å². The Bertz CT molecular complexity index is 534. The van der Waals surface area contributed by atoms with Crippen molar-refractivity contribution in [2.24, 2.45) is 0 Å². The van der Waals surface area contributed by atoms with Gasteiger partial charge >= 0.3 is 0 Å². The first-order valence-corrected chi connectivity index (χ1v) is 4.81. The molecule has 0 unspecified atom stereocenters. The normalized spacial score (nSPS) is 9.94. The van der Waals surface area contributed by atoms with Crippen molar-refractivity contribution in [1.29, 1.82) is 5.26 Å². The molecule has 1 aromatic heterocycles. The van der Waals surface area contributed by atoms with Gasteiger partial charge in [-0.25, -0.2) is 13.8 Å². The van der Waals surface area contributed by atoms with Crippen LogP contribution < -0.4 is 5.32 Å². The molecule has 0 atom stereocenters. The highest BCUT2D eigenvalue weighted by Gasteiger charge is 2.10. The van der Waals surface area contributed by atoms with Crippen LogP contribution in [-0.2, 0) is 6.54 Å². The number of rotatable bonds is 3. The fourth-order valence-corrected chi connectivity index (χ4v) is 1.37. The third-order valence-corrected chi connectivity index (χ3v) is 2.18. The molecule has 0 fully saturated rings. The molecule has 1 heterocycles. The zero-order valence-electron chi connectivity index (χ0n) is 8.67. The van der Waals surface area contributed by atoms with E-state index in [1.54, 1.807) is 12.3 Å². The number of aromatic nitrogens is 2. The summed E-state index contributed by atoms with van der Waals surface area (Å²) in [6, 6.07) is 3.65. The fraction of sp³-hybridized carbons (Fsp3) is 0.0909. The van der Waals surface area contributed by atoms with Gasteiger partial charge in [-0.3, -0.25) is 0 Å². The SMILES string of the molecule is N#Cc1cc(F)c(NCc2cnc[nH]2)c(F)c1. The summed E-state index contributed by atoms with van der Waals surface area (Å²) in [6.07, 6.45) is 3.02. The molecule has 0 bridgehead atoms. The Morgan fingerprint density at radius 3 is 2.59 bits per heavy atom. The van der Waals surface area contributed by atoms with Gasteiger partial charge in [0.15, 0.2) is 11.6 Å². The lowest BCUT2D eigenvalue weighted by Gasteiger charge is -2.07. The second-order valence-electron chi connectivity index (χ2n) is 3.36. The first kappa shape index (κ1) is 11.1. The van der Waals surface area contributed by atoms with Gasteiger partial charge < -0.3 is 10.3 Å². The summed E-state index contributed by atoms with van der Waals surface area (Å²) in [5.74, 6) is -1.58. The van der Waals surface area contributed by atoms with E-state index >= 15 is 0 Å². The smallest absolute Gasteiger partial charge is 0.150 e. The Kier molecular flexibility index (Phi) is 3.01. The fourth-order valence-electron chi connectivity index (χ4n) is 1.37. The molecule has 0 spiro atoms. The average molecular weight is 234 g/mol. The van der Waals surface area contributed by atoms with Crippen LogP contribution in [0.15, 0.2) is 24.7 Å². The first-order chi connectivity index (χ1) is 8.20. The van der Waals surface area contributed by atoms with Crippen molar-refractivity contribution >= 4 is 5.69 Å². The molecule has 0 aliphatic carbocycles. The van der Waals surface area contributed by atoms with E-state index < -0.39 is 11.6 Å². The first-order valence-electron chi connectivity index (χ1n) is 4.81. The van der Waals surface area contributed by atoms with Crippen LogP contribution in [0.3, 0.4) is 0 Å². The van der Waals surface area contributed by atoms with Gasteiger partial charge in [0.05, 0.1) is 30.2 Å². The van der Waals surface area contributed by atoms with E-state index in [4.69, 9.17) is 5.26 Å². The number of nitriles is 1. The van der Waals surface area contributed by atoms with Crippen LogP contribution in [0.4, 0.5) is 14.5 Å². The Morgan fingerprint density at radius 2 is 2.06 bits per heavy atom. The van der Waals surface area contributed by atoms with Crippen LogP contribution in [0, 0.1) is 23.0 Å². The van der Waals surface area contributed by atoms with Gasteiger partial charge in [0.2, 0.25) is 0 Å². The van der Waals surface area contributed by atoms with E-state index in [1.165, 1.54) is 6.33 Å². The summed E-state index contributed by atoms with van der Waals surface area (Å²) in [5.41, 5.74) is 0.402. The summed E-state index contributed by atoms with van der Waals surface area (Å²) < 4.78 is 26.9. The predicted octanol–water partition coefficient (Wildman–Crippen LogP) is 2.17. The predicted molar refractivity (Wildman–Crippen MR) is 57.0 cm³/mol. The van der Waals surface area contributed by atoms with Gasteiger partial charge in [-0.1, -0.05) is 0 Å². The summed E-state index contributed by atoms with van der Waals surface area (Å²) >= 11 is 0. The van der Waals surface area contributed by atoms with Crippen molar-refractivity contribution in [2.45, 2.75) is 6.54 Å². The number of anilines is 1. The molecule has 6 heteroatoms. The van der Waals surface area contributed by atoms with Gasteiger partial charge in [0, 0.05) is 6.20 Å². The molecule has 86 valence electrons. The molecule has 2 aromatic rings. The number of aromatic amines is 1. The van der Waals surface area contributed by atoms with Crippen LogP contribution >= 0.6 is 0 Å². The van der Waals surface area contributed by atoms with Gasteiger partial charge in [0.1, 0.15) is 5.69 Å². The molecule has 2 rings (SSSR count). The maximum absolute atomic E-state index is 13.4. The molecule has 0 aliphatic heterocycles. The molecule has 2 N–H and O–H groups in total. The highest BCUT2D eigenvalue weighted by molar-refractivity contribution is 5.50. The number of nitrogens with one attached hydrogen (secondary N) is 2. The molecule has 1 aromatic carbocycles. The second kappa shape index (κ2) is 4.61. The van der Waals surface area contributed by atoms with Gasteiger partial charge in [-0.15, -0.1) is 0 Å². The van der Waals surface area contributed by atoms with Crippen molar-refractivity contribution < 1.29 is 8.78 Å². The third kappa shape index (κ3) is 2.39. The van der Waals surface area contributed by atoms with E-state index in [2.05, 4.69) is 15.3 Å². The minimum absolute atomic E-state index is 0.0490. The van der Waals surface area contributed by atoms with Crippen molar-refractivity contribution in [3.05, 3.63) is 47.5 Å². The Labute approximate surface area is 95.9 Å². The maximum atomic E-state index is 13.4. The Morgan fingerprint density at radius 1 is 1.35 bits per heavy atom. The van der Waals surface area contributed by atoms with Crippen LogP contribution in [0.2, 0.25) is 0 Å². The molecule has 17 heavy (non-hydrogen) atoms. The highest BCUT2D eigenvalue weighted by atomic mass is 19.1. The molecule has 0 radical (unpaired) electrons. The van der Waals surface area contributed by atoms with Crippen molar-refractivity contribution in [1.82, 2.24) is 9.97 Å².